The molecule has 1 aromatic heterocycles. The summed E-state index contributed by atoms with van der Waals surface area (Å²) in [5.74, 6) is 0.686. The first-order valence-corrected chi connectivity index (χ1v) is 7.18. The Balaban J connectivity index is 2.49. The molecule has 0 aliphatic rings. The van der Waals surface area contributed by atoms with Crippen molar-refractivity contribution in [2.24, 2.45) is 0 Å². The van der Waals surface area contributed by atoms with Crippen molar-refractivity contribution in [2.75, 3.05) is 24.7 Å². The summed E-state index contributed by atoms with van der Waals surface area (Å²) in [6, 6.07) is 1.84. The second kappa shape index (κ2) is 6.51. The van der Waals surface area contributed by atoms with Crippen LogP contribution in [0.5, 0.6) is 0 Å². The summed E-state index contributed by atoms with van der Waals surface area (Å²) in [5, 5.41) is 2.96. The number of anilines is 1. The van der Waals surface area contributed by atoms with Crippen molar-refractivity contribution in [2.45, 2.75) is 19.8 Å². The number of nitrogens with zero attached hydrogens (tertiary/aromatic N) is 2. The normalized spacial score (nSPS) is 11.4. The quantitative estimate of drug-likeness (QED) is 0.739. The van der Waals surface area contributed by atoms with Gasteiger partial charge in [0.25, 0.3) is 0 Å². The summed E-state index contributed by atoms with van der Waals surface area (Å²) in [6.07, 6.45) is 3.40. The highest BCUT2D eigenvalue weighted by Gasteiger charge is 2.06. The summed E-state index contributed by atoms with van der Waals surface area (Å²) in [4.78, 5) is 8.15. The summed E-state index contributed by atoms with van der Waals surface area (Å²) < 4.78 is 24.6. The summed E-state index contributed by atoms with van der Waals surface area (Å²) in [7, 11) is -1.76. The van der Waals surface area contributed by atoms with E-state index in [-0.39, 0.29) is 5.75 Å². The molecule has 17 heavy (non-hydrogen) atoms. The number of nitrogens with one attached hydrogen (secondary N) is 2. The molecular weight excluding hydrogens is 240 g/mol. The molecule has 0 fully saturated rings. The zero-order valence-electron chi connectivity index (χ0n) is 10.1. The standard InChI is InChI=1S/C10H18N4O2S/c1-3-4-9-7-10(14-8-13-9)12-5-6-17(15,16)11-2/h7-8,11H,3-6H2,1-2H3,(H,12,13,14). The van der Waals surface area contributed by atoms with Gasteiger partial charge in [0, 0.05) is 18.3 Å². The van der Waals surface area contributed by atoms with Gasteiger partial charge < -0.3 is 5.32 Å². The molecule has 1 heterocycles. The van der Waals surface area contributed by atoms with E-state index in [1.807, 2.05) is 6.07 Å². The molecule has 96 valence electrons. The van der Waals surface area contributed by atoms with Crippen LogP contribution in [0.3, 0.4) is 0 Å². The second-order valence-corrected chi connectivity index (χ2v) is 5.64. The first-order chi connectivity index (χ1) is 8.07. The molecule has 1 aromatic rings. The zero-order chi connectivity index (χ0) is 12.7. The van der Waals surface area contributed by atoms with E-state index in [0.717, 1.165) is 18.5 Å². The minimum Gasteiger partial charge on any atom is -0.369 e. The molecule has 0 spiro atoms. The molecule has 0 aliphatic carbocycles. The Hall–Kier alpha value is -1.21. The van der Waals surface area contributed by atoms with E-state index in [1.54, 1.807) is 0 Å². The molecule has 0 saturated carbocycles. The van der Waals surface area contributed by atoms with Gasteiger partial charge in [0.15, 0.2) is 0 Å². The van der Waals surface area contributed by atoms with E-state index in [2.05, 4.69) is 26.9 Å². The van der Waals surface area contributed by atoms with Crippen LogP contribution in [0.2, 0.25) is 0 Å². The SMILES string of the molecule is CCCc1cc(NCCS(=O)(=O)NC)ncn1. The van der Waals surface area contributed by atoms with E-state index in [1.165, 1.54) is 13.4 Å². The summed E-state index contributed by atoms with van der Waals surface area (Å²) in [5.41, 5.74) is 0.960. The predicted molar refractivity (Wildman–Crippen MR) is 67.4 cm³/mol. The maximum absolute atomic E-state index is 11.2. The Morgan fingerprint density at radius 3 is 2.76 bits per heavy atom. The highest BCUT2D eigenvalue weighted by Crippen LogP contribution is 2.05. The van der Waals surface area contributed by atoms with Crippen LogP contribution in [-0.2, 0) is 16.4 Å². The second-order valence-electron chi connectivity index (χ2n) is 3.59. The molecule has 0 amide bonds. The lowest BCUT2D eigenvalue weighted by atomic mass is 10.2. The van der Waals surface area contributed by atoms with Crippen LogP contribution in [0.1, 0.15) is 19.0 Å². The average Bonchev–Trinajstić information content (AvgIpc) is 2.30. The van der Waals surface area contributed by atoms with Crippen LogP contribution in [-0.4, -0.2) is 37.7 Å². The molecule has 1 rings (SSSR count). The van der Waals surface area contributed by atoms with Gasteiger partial charge >= 0.3 is 0 Å². The number of hydrogen-bond acceptors (Lipinski definition) is 5. The van der Waals surface area contributed by atoms with Crippen molar-refractivity contribution in [1.82, 2.24) is 14.7 Å². The van der Waals surface area contributed by atoms with Crippen molar-refractivity contribution in [3.8, 4) is 0 Å². The molecule has 0 unspecified atom stereocenters. The molecular formula is C10H18N4O2S. The first-order valence-electron chi connectivity index (χ1n) is 5.53. The van der Waals surface area contributed by atoms with Crippen LogP contribution >= 0.6 is 0 Å². The minimum absolute atomic E-state index is 0.0244. The molecule has 0 saturated heterocycles. The van der Waals surface area contributed by atoms with Gasteiger partial charge in [-0.15, -0.1) is 0 Å². The van der Waals surface area contributed by atoms with Crippen molar-refractivity contribution in [1.29, 1.82) is 0 Å². The van der Waals surface area contributed by atoms with Crippen LogP contribution in [0.25, 0.3) is 0 Å². The topological polar surface area (TPSA) is 84.0 Å². The Kier molecular flexibility index (Phi) is 5.30. The molecule has 2 N–H and O–H groups in total. The third-order valence-corrected chi connectivity index (χ3v) is 3.58. The maximum Gasteiger partial charge on any atom is 0.213 e. The number of sulfonamides is 1. The van der Waals surface area contributed by atoms with Crippen LogP contribution < -0.4 is 10.0 Å². The smallest absolute Gasteiger partial charge is 0.213 e. The Labute approximate surface area is 102 Å². The fourth-order valence-electron chi connectivity index (χ4n) is 1.30. The summed E-state index contributed by atoms with van der Waals surface area (Å²) >= 11 is 0. The van der Waals surface area contributed by atoms with Crippen molar-refractivity contribution >= 4 is 15.8 Å². The van der Waals surface area contributed by atoms with E-state index in [4.69, 9.17) is 0 Å². The fourth-order valence-corrected chi connectivity index (χ4v) is 1.88. The Bertz CT molecular complexity index is 447. The highest BCUT2D eigenvalue weighted by atomic mass is 32.2. The predicted octanol–water partition coefficient (Wildman–Crippen LogP) is 0.390. The van der Waals surface area contributed by atoms with Gasteiger partial charge in [-0.25, -0.2) is 23.1 Å². The largest absolute Gasteiger partial charge is 0.369 e. The average molecular weight is 258 g/mol. The van der Waals surface area contributed by atoms with Gasteiger partial charge in [0.05, 0.1) is 5.75 Å². The number of rotatable bonds is 7. The third-order valence-electron chi connectivity index (χ3n) is 2.22. The van der Waals surface area contributed by atoms with Gasteiger partial charge in [-0.3, -0.25) is 0 Å². The lowest BCUT2D eigenvalue weighted by molar-refractivity contribution is 0.588. The van der Waals surface area contributed by atoms with E-state index >= 15 is 0 Å². The highest BCUT2D eigenvalue weighted by molar-refractivity contribution is 7.89. The lowest BCUT2D eigenvalue weighted by Crippen LogP contribution is -2.26. The van der Waals surface area contributed by atoms with Gasteiger partial charge in [-0.1, -0.05) is 13.3 Å². The molecule has 0 atom stereocenters. The molecule has 6 nitrogen and oxygen atoms in total. The van der Waals surface area contributed by atoms with Gasteiger partial charge in [0.2, 0.25) is 10.0 Å². The third kappa shape index (κ3) is 5.10. The monoisotopic (exact) mass is 258 g/mol. The molecule has 0 radical (unpaired) electrons. The van der Waals surface area contributed by atoms with Gasteiger partial charge in [0.1, 0.15) is 12.1 Å². The number of aromatic nitrogens is 2. The zero-order valence-corrected chi connectivity index (χ0v) is 10.9. The molecule has 0 aromatic carbocycles. The van der Waals surface area contributed by atoms with E-state index in [0.29, 0.717) is 12.4 Å². The summed E-state index contributed by atoms with van der Waals surface area (Å²) in [6.45, 7) is 2.40. The van der Waals surface area contributed by atoms with Crippen molar-refractivity contribution < 1.29 is 8.42 Å². The van der Waals surface area contributed by atoms with Crippen molar-refractivity contribution in [3.63, 3.8) is 0 Å². The number of hydrogen-bond donors (Lipinski definition) is 2. The van der Waals surface area contributed by atoms with E-state index in [9.17, 15) is 8.42 Å². The van der Waals surface area contributed by atoms with Crippen molar-refractivity contribution in [3.05, 3.63) is 18.1 Å². The van der Waals surface area contributed by atoms with Crippen LogP contribution in [0.15, 0.2) is 12.4 Å². The van der Waals surface area contributed by atoms with Crippen LogP contribution in [0, 0.1) is 0 Å². The first kappa shape index (κ1) is 13.9. The number of aryl methyl sites for hydroxylation is 1. The molecule has 7 heteroatoms. The van der Waals surface area contributed by atoms with Gasteiger partial charge in [-0.2, -0.15) is 0 Å². The van der Waals surface area contributed by atoms with Crippen LogP contribution in [0.4, 0.5) is 5.82 Å². The Morgan fingerprint density at radius 1 is 1.35 bits per heavy atom. The fraction of sp³-hybridized carbons (Fsp3) is 0.600. The Morgan fingerprint density at radius 2 is 2.12 bits per heavy atom. The molecule has 0 aliphatic heterocycles. The van der Waals surface area contributed by atoms with Gasteiger partial charge in [-0.05, 0) is 13.5 Å². The minimum atomic E-state index is -3.17. The molecule has 0 bridgehead atoms. The van der Waals surface area contributed by atoms with E-state index < -0.39 is 10.0 Å². The maximum atomic E-state index is 11.2. The lowest BCUT2D eigenvalue weighted by Gasteiger charge is -2.06.